The molecule has 0 unspecified atom stereocenters. The van der Waals surface area contributed by atoms with Gasteiger partial charge in [-0.2, -0.15) is 5.10 Å². The van der Waals surface area contributed by atoms with E-state index in [0.717, 1.165) is 69.4 Å². The number of anilines is 1. The van der Waals surface area contributed by atoms with E-state index in [4.69, 9.17) is 0 Å². The summed E-state index contributed by atoms with van der Waals surface area (Å²) in [6, 6.07) is 0. The van der Waals surface area contributed by atoms with E-state index in [9.17, 15) is 4.79 Å². The van der Waals surface area contributed by atoms with Crippen molar-refractivity contribution in [3.05, 3.63) is 11.4 Å². The molecule has 0 saturated carbocycles. The van der Waals surface area contributed by atoms with Crippen LogP contribution >= 0.6 is 0 Å². The number of aromatic nitrogens is 2. The van der Waals surface area contributed by atoms with Gasteiger partial charge in [0.1, 0.15) is 0 Å². The van der Waals surface area contributed by atoms with Gasteiger partial charge in [0.15, 0.2) is 0 Å². The van der Waals surface area contributed by atoms with Crippen molar-refractivity contribution < 1.29 is 4.79 Å². The van der Waals surface area contributed by atoms with Crippen LogP contribution in [0.1, 0.15) is 31.2 Å². The van der Waals surface area contributed by atoms with Crippen LogP contribution in [-0.4, -0.2) is 71.7 Å². The molecule has 1 N–H and O–H groups in total. The van der Waals surface area contributed by atoms with Gasteiger partial charge in [-0.15, -0.1) is 0 Å². The number of carbonyl (C=O) groups excluding carboxylic acids is 1. The van der Waals surface area contributed by atoms with Gasteiger partial charge in [0.25, 0.3) is 0 Å². The number of rotatable bonds is 3. The van der Waals surface area contributed by atoms with Crippen molar-refractivity contribution in [3.8, 4) is 0 Å². The summed E-state index contributed by atoms with van der Waals surface area (Å²) in [7, 11) is 0. The predicted molar refractivity (Wildman–Crippen MR) is 91.7 cm³/mol. The van der Waals surface area contributed by atoms with Gasteiger partial charge in [0.2, 0.25) is 5.91 Å². The van der Waals surface area contributed by atoms with Crippen molar-refractivity contribution >= 4 is 11.6 Å². The Balaban J connectivity index is 1.48. The van der Waals surface area contributed by atoms with Gasteiger partial charge in [0, 0.05) is 39.3 Å². The summed E-state index contributed by atoms with van der Waals surface area (Å²) in [5, 5.41) is 7.34. The fourth-order valence-corrected chi connectivity index (χ4v) is 3.69. The minimum Gasteiger partial charge on any atom is -0.366 e. The van der Waals surface area contributed by atoms with Crippen LogP contribution in [0.3, 0.4) is 0 Å². The summed E-state index contributed by atoms with van der Waals surface area (Å²) in [5.41, 5.74) is 3.44. The maximum absolute atomic E-state index is 12.4. The summed E-state index contributed by atoms with van der Waals surface area (Å²) in [4.78, 5) is 19.2. The molecule has 2 fully saturated rings. The van der Waals surface area contributed by atoms with E-state index < -0.39 is 0 Å². The largest absolute Gasteiger partial charge is 0.366 e. The number of aryl methyl sites for hydroxylation is 2. The van der Waals surface area contributed by atoms with Crippen molar-refractivity contribution in [1.82, 2.24) is 20.0 Å². The molecule has 2 saturated heterocycles. The van der Waals surface area contributed by atoms with E-state index in [1.54, 1.807) is 0 Å². The topological polar surface area (TPSA) is 55.5 Å². The zero-order valence-electron chi connectivity index (χ0n) is 14.6. The number of hydrogen-bond donors (Lipinski definition) is 1. The van der Waals surface area contributed by atoms with Crippen LogP contribution in [0.15, 0.2) is 0 Å². The van der Waals surface area contributed by atoms with Crippen molar-refractivity contribution in [2.45, 2.75) is 33.6 Å². The molecule has 1 amide bonds. The van der Waals surface area contributed by atoms with E-state index in [2.05, 4.69) is 38.7 Å². The fourth-order valence-electron chi connectivity index (χ4n) is 3.69. The van der Waals surface area contributed by atoms with Crippen LogP contribution in [0.4, 0.5) is 5.69 Å². The smallest absolute Gasteiger partial charge is 0.236 e. The fraction of sp³-hybridized carbons (Fsp3) is 0.765. The molecule has 0 bridgehead atoms. The normalized spacial score (nSPS) is 21.0. The second kappa shape index (κ2) is 6.91. The summed E-state index contributed by atoms with van der Waals surface area (Å²) in [6.07, 6.45) is 2.30. The molecule has 0 aromatic carbocycles. The zero-order chi connectivity index (χ0) is 16.4. The second-order valence-corrected chi connectivity index (χ2v) is 7.11. The highest BCUT2D eigenvalue weighted by molar-refractivity contribution is 5.78. The average molecular weight is 319 g/mol. The molecular formula is C17H29N5O. The van der Waals surface area contributed by atoms with Crippen molar-refractivity contribution in [3.63, 3.8) is 0 Å². The highest BCUT2D eigenvalue weighted by Crippen LogP contribution is 2.23. The Morgan fingerprint density at radius 3 is 2.35 bits per heavy atom. The van der Waals surface area contributed by atoms with Gasteiger partial charge in [0.05, 0.1) is 23.6 Å². The maximum Gasteiger partial charge on any atom is 0.236 e. The van der Waals surface area contributed by atoms with E-state index in [1.165, 1.54) is 5.69 Å². The summed E-state index contributed by atoms with van der Waals surface area (Å²) in [6.45, 7) is 12.7. The van der Waals surface area contributed by atoms with Crippen molar-refractivity contribution in [2.75, 3.05) is 50.7 Å². The molecule has 2 aliphatic heterocycles. The van der Waals surface area contributed by atoms with E-state index in [0.29, 0.717) is 12.5 Å². The number of amides is 1. The molecule has 23 heavy (non-hydrogen) atoms. The number of piperazine rings is 1. The van der Waals surface area contributed by atoms with Gasteiger partial charge in [-0.25, -0.2) is 0 Å². The molecular weight excluding hydrogens is 290 g/mol. The highest BCUT2D eigenvalue weighted by atomic mass is 16.2. The Labute approximate surface area is 138 Å². The summed E-state index contributed by atoms with van der Waals surface area (Å²) < 4.78 is 0. The van der Waals surface area contributed by atoms with Crippen LogP contribution in [-0.2, 0) is 4.79 Å². The first-order valence-corrected chi connectivity index (χ1v) is 8.81. The third kappa shape index (κ3) is 3.68. The molecule has 0 spiro atoms. The number of likely N-dealkylation sites (tertiary alicyclic amines) is 1. The molecule has 6 nitrogen and oxygen atoms in total. The van der Waals surface area contributed by atoms with Crippen LogP contribution in [0.25, 0.3) is 0 Å². The Morgan fingerprint density at radius 1 is 1.13 bits per heavy atom. The van der Waals surface area contributed by atoms with Gasteiger partial charge in [-0.1, -0.05) is 6.92 Å². The number of nitrogens with one attached hydrogen (secondary N) is 1. The lowest BCUT2D eigenvalue weighted by Crippen LogP contribution is -2.51. The molecule has 128 valence electrons. The van der Waals surface area contributed by atoms with E-state index in [-0.39, 0.29) is 0 Å². The highest BCUT2D eigenvalue weighted by Gasteiger charge is 2.25. The lowest BCUT2D eigenvalue weighted by atomic mass is 9.99. The Morgan fingerprint density at radius 2 is 1.78 bits per heavy atom. The van der Waals surface area contributed by atoms with E-state index in [1.807, 2.05) is 6.92 Å². The Bertz CT molecular complexity index is 520. The molecule has 6 heteroatoms. The molecule has 0 radical (unpaired) electrons. The standard InChI is InChI=1S/C17H29N5O/c1-13-4-6-21(7-5-13)16(23)12-20-8-10-22(11-9-20)17-14(2)18-19-15(17)3/h13H,4-12H2,1-3H3,(H,18,19). The molecule has 3 heterocycles. The number of piperidine rings is 1. The third-order valence-electron chi connectivity index (χ3n) is 5.27. The van der Waals surface area contributed by atoms with Gasteiger partial charge < -0.3 is 9.80 Å². The average Bonchev–Trinajstić information content (AvgIpc) is 2.88. The number of hydrogen-bond acceptors (Lipinski definition) is 4. The Hall–Kier alpha value is -1.56. The van der Waals surface area contributed by atoms with Gasteiger partial charge in [-0.05, 0) is 32.6 Å². The van der Waals surface area contributed by atoms with Crippen LogP contribution in [0.2, 0.25) is 0 Å². The van der Waals surface area contributed by atoms with Crippen LogP contribution < -0.4 is 4.90 Å². The molecule has 0 atom stereocenters. The second-order valence-electron chi connectivity index (χ2n) is 7.11. The molecule has 2 aliphatic rings. The Kier molecular flexibility index (Phi) is 4.90. The monoisotopic (exact) mass is 319 g/mol. The third-order valence-corrected chi connectivity index (χ3v) is 5.27. The maximum atomic E-state index is 12.4. The SMILES string of the molecule is Cc1n[nH]c(C)c1N1CCN(CC(=O)N2CCC(C)CC2)CC1. The predicted octanol–water partition coefficient (Wildman–Crippen LogP) is 1.41. The lowest BCUT2D eigenvalue weighted by molar-refractivity contribution is -0.133. The van der Waals surface area contributed by atoms with Crippen molar-refractivity contribution in [2.24, 2.45) is 5.92 Å². The minimum atomic E-state index is 0.307. The van der Waals surface area contributed by atoms with Crippen LogP contribution in [0.5, 0.6) is 0 Å². The number of H-pyrrole nitrogens is 1. The molecule has 1 aromatic heterocycles. The number of carbonyl (C=O) groups is 1. The first kappa shape index (κ1) is 16.3. The summed E-state index contributed by atoms with van der Waals surface area (Å²) in [5.74, 6) is 1.07. The molecule has 1 aromatic rings. The lowest BCUT2D eigenvalue weighted by Gasteiger charge is -2.37. The van der Waals surface area contributed by atoms with Gasteiger partial charge in [-0.3, -0.25) is 14.8 Å². The molecule has 0 aliphatic carbocycles. The van der Waals surface area contributed by atoms with Crippen molar-refractivity contribution in [1.29, 1.82) is 0 Å². The number of nitrogens with zero attached hydrogens (tertiary/aromatic N) is 4. The first-order valence-electron chi connectivity index (χ1n) is 8.81. The summed E-state index contributed by atoms with van der Waals surface area (Å²) >= 11 is 0. The zero-order valence-corrected chi connectivity index (χ0v) is 14.6. The van der Waals surface area contributed by atoms with Gasteiger partial charge >= 0.3 is 0 Å². The molecule has 3 rings (SSSR count). The van der Waals surface area contributed by atoms with E-state index >= 15 is 0 Å². The quantitative estimate of drug-likeness (QED) is 0.915. The number of aromatic amines is 1. The van der Waals surface area contributed by atoms with Crippen LogP contribution in [0, 0.1) is 19.8 Å². The first-order chi connectivity index (χ1) is 11.0. The minimum absolute atomic E-state index is 0.307.